The third-order valence-corrected chi connectivity index (χ3v) is 3.43. The number of aliphatic carboxylic acids is 1. The molecule has 0 aliphatic rings. The highest BCUT2D eigenvalue weighted by Gasteiger charge is 2.35. The van der Waals surface area contributed by atoms with E-state index >= 15 is 0 Å². The molecule has 0 fully saturated rings. The molecule has 8 heteroatoms. The molecule has 16 heavy (non-hydrogen) atoms. The summed E-state index contributed by atoms with van der Waals surface area (Å²) in [5.41, 5.74) is -1.57. The summed E-state index contributed by atoms with van der Waals surface area (Å²) in [5, 5.41) is 11.0. The first kappa shape index (κ1) is 14.8. The number of carboxylic acids is 1. The quantitative estimate of drug-likeness (QED) is 0.512. The number of nitrogens with one attached hydrogen (secondary N) is 2. The van der Waals surface area contributed by atoms with Crippen LogP contribution in [0.25, 0.3) is 0 Å². The van der Waals surface area contributed by atoms with Crippen LogP contribution in [0.15, 0.2) is 0 Å². The third kappa shape index (κ3) is 4.15. The zero-order valence-corrected chi connectivity index (χ0v) is 10.2. The van der Waals surface area contributed by atoms with E-state index in [4.69, 9.17) is 5.11 Å². The molecule has 0 aromatic carbocycles. The zero-order chi connectivity index (χ0) is 13.0. The molecular formula is C8H16N2O5S. The van der Waals surface area contributed by atoms with Gasteiger partial charge in [0.25, 0.3) is 0 Å². The van der Waals surface area contributed by atoms with Crippen LogP contribution in [-0.4, -0.2) is 44.7 Å². The Bertz CT molecular complexity index is 374. The van der Waals surface area contributed by atoms with Gasteiger partial charge in [0.15, 0.2) is 0 Å². The number of amides is 1. The van der Waals surface area contributed by atoms with E-state index in [2.05, 4.69) is 10.0 Å². The molecule has 0 atom stereocenters. The molecule has 0 saturated heterocycles. The molecule has 0 unspecified atom stereocenters. The molecular weight excluding hydrogens is 236 g/mol. The molecule has 0 aromatic heterocycles. The number of hydrogen-bond donors (Lipinski definition) is 3. The van der Waals surface area contributed by atoms with Gasteiger partial charge >= 0.3 is 5.97 Å². The van der Waals surface area contributed by atoms with Gasteiger partial charge in [-0.05, 0) is 20.9 Å². The highest BCUT2D eigenvalue weighted by molar-refractivity contribution is 7.89. The molecule has 0 aliphatic heterocycles. The normalized spacial score (nSPS) is 12.2. The van der Waals surface area contributed by atoms with Gasteiger partial charge < -0.3 is 10.4 Å². The van der Waals surface area contributed by atoms with E-state index in [-0.39, 0.29) is 12.3 Å². The minimum Gasteiger partial charge on any atom is -0.480 e. The second-order valence-electron chi connectivity index (χ2n) is 3.71. The summed E-state index contributed by atoms with van der Waals surface area (Å²) in [6.07, 6.45) is 0. The molecule has 0 saturated carbocycles. The van der Waals surface area contributed by atoms with Gasteiger partial charge in [-0.25, -0.2) is 13.1 Å². The van der Waals surface area contributed by atoms with Crippen LogP contribution in [0.2, 0.25) is 0 Å². The molecule has 0 bridgehead atoms. The lowest BCUT2D eigenvalue weighted by atomic mass is 9.93. The summed E-state index contributed by atoms with van der Waals surface area (Å²) < 4.78 is 24.1. The number of hydrogen-bond acceptors (Lipinski definition) is 4. The number of rotatable bonds is 6. The van der Waals surface area contributed by atoms with Crippen LogP contribution in [0.3, 0.4) is 0 Å². The lowest BCUT2D eigenvalue weighted by molar-refractivity contribution is -0.153. The lowest BCUT2D eigenvalue weighted by Gasteiger charge is -2.18. The van der Waals surface area contributed by atoms with Gasteiger partial charge in [0, 0.05) is 6.54 Å². The third-order valence-electron chi connectivity index (χ3n) is 2.07. The van der Waals surface area contributed by atoms with Crippen molar-refractivity contribution in [2.24, 2.45) is 5.41 Å². The van der Waals surface area contributed by atoms with Crippen molar-refractivity contribution in [2.75, 3.05) is 19.3 Å². The Morgan fingerprint density at radius 3 is 2.19 bits per heavy atom. The summed E-state index contributed by atoms with van der Waals surface area (Å²) in [4.78, 5) is 22.1. The number of carboxylic acid groups (broad SMARTS) is 1. The largest absolute Gasteiger partial charge is 0.480 e. The first-order chi connectivity index (χ1) is 7.13. The smallest absolute Gasteiger partial charge is 0.318 e. The molecule has 0 aromatic rings. The van der Waals surface area contributed by atoms with Crippen LogP contribution in [0.1, 0.15) is 13.8 Å². The number of sulfonamides is 1. The SMILES string of the molecule is CNS(=O)(=O)CCNC(=O)C(C)(C)C(=O)O. The molecule has 7 nitrogen and oxygen atoms in total. The Hall–Kier alpha value is -1.15. The van der Waals surface area contributed by atoms with Gasteiger partial charge in [-0.15, -0.1) is 0 Å². The molecule has 0 rings (SSSR count). The summed E-state index contributed by atoms with van der Waals surface area (Å²) in [6.45, 7) is 2.37. The fraction of sp³-hybridized carbons (Fsp3) is 0.750. The number of carbonyl (C=O) groups is 2. The van der Waals surface area contributed by atoms with E-state index in [1.165, 1.54) is 20.9 Å². The minimum atomic E-state index is -3.39. The van der Waals surface area contributed by atoms with Crippen molar-refractivity contribution >= 4 is 21.9 Å². The van der Waals surface area contributed by atoms with Crippen LogP contribution >= 0.6 is 0 Å². The van der Waals surface area contributed by atoms with Crippen LogP contribution in [0, 0.1) is 5.41 Å². The summed E-state index contributed by atoms with van der Waals surface area (Å²) >= 11 is 0. The summed E-state index contributed by atoms with van der Waals surface area (Å²) in [6, 6.07) is 0. The fourth-order valence-corrected chi connectivity index (χ4v) is 1.29. The van der Waals surface area contributed by atoms with E-state index in [1.54, 1.807) is 0 Å². The van der Waals surface area contributed by atoms with Gasteiger partial charge in [0.1, 0.15) is 5.41 Å². The van der Waals surface area contributed by atoms with Crippen molar-refractivity contribution < 1.29 is 23.1 Å². The topological polar surface area (TPSA) is 113 Å². The predicted molar refractivity (Wildman–Crippen MR) is 57.3 cm³/mol. The van der Waals surface area contributed by atoms with Gasteiger partial charge in [-0.2, -0.15) is 0 Å². The lowest BCUT2D eigenvalue weighted by Crippen LogP contribution is -2.44. The Labute approximate surface area is 94.3 Å². The van der Waals surface area contributed by atoms with Crippen molar-refractivity contribution in [1.29, 1.82) is 0 Å². The molecule has 0 aliphatic carbocycles. The highest BCUT2D eigenvalue weighted by atomic mass is 32.2. The van der Waals surface area contributed by atoms with Crippen molar-refractivity contribution in [2.45, 2.75) is 13.8 Å². The molecule has 1 amide bonds. The van der Waals surface area contributed by atoms with Gasteiger partial charge in [0.05, 0.1) is 5.75 Å². The maximum atomic E-state index is 11.4. The van der Waals surface area contributed by atoms with Gasteiger partial charge in [-0.1, -0.05) is 0 Å². The molecule has 0 spiro atoms. The predicted octanol–water partition coefficient (Wildman–Crippen LogP) is -1.24. The second-order valence-corrected chi connectivity index (χ2v) is 5.76. The minimum absolute atomic E-state index is 0.126. The Kier molecular flexibility index (Phi) is 4.88. The van der Waals surface area contributed by atoms with Crippen molar-refractivity contribution in [1.82, 2.24) is 10.0 Å². The maximum Gasteiger partial charge on any atom is 0.318 e. The molecule has 94 valence electrons. The fourth-order valence-electron chi connectivity index (χ4n) is 0.719. The first-order valence-electron chi connectivity index (χ1n) is 4.56. The van der Waals surface area contributed by atoms with Crippen LogP contribution in [0.5, 0.6) is 0 Å². The average molecular weight is 252 g/mol. The van der Waals surface area contributed by atoms with E-state index in [9.17, 15) is 18.0 Å². The summed E-state index contributed by atoms with van der Waals surface area (Å²) in [5.74, 6) is -2.27. The van der Waals surface area contributed by atoms with Crippen molar-refractivity contribution in [3.05, 3.63) is 0 Å². The van der Waals surface area contributed by atoms with Crippen LogP contribution in [0.4, 0.5) is 0 Å². The van der Waals surface area contributed by atoms with Crippen molar-refractivity contribution in [3.8, 4) is 0 Å². The van der Waals surface area contributed by atoms with E-state index < -0.39 is 27.3 Å². The summed E-state index contributed by atoms with van der Waals surface area (Å²) in [7, 11) is -2.13. The molecule has 0 heterocycles. The first-order valence-corrected chi connectivity index (χ1v) is 6.21. The monoisotopic (exact) mass is 252 g/mol. The Balaban J connectivity index is 4.25. The van der Waals surface area contributed by atoms with Crippen LogP contribution < -0.4 is 10.0 Å². The Morgan fingerprint density at radius 1 is 1.31 bits per heavy atom. The van der Waals surface area contributed by atoms with E-state index in [1.807, 2.05) is 0 Å². The molecule has 0 radical (unpaired) electrons. The van der Waals surface area contributed by atoms with Gasteiger partial charge in [0.2, 0.25) is 15.9 Å². The highest BCUT2D eigenvalue weighted by Crippen LogP contribution is 2.14. The average Bonchev–Trinajstić information content (AvgIpc) is 2.17. The Morgan fingerprint density at radius 2 is 1.81 bits per heavy atom. The van der Waals surface area contributed by atoms with E-state index in [0.717, 1.165) is 0 Å². The van der Waals surface area contributed by atoms with E-state index in [0.29, 0.717) is 0 Å². The van der Waals surface area contributed by atoms with Crippen molar-refractivity contribution in [3.63, 3.8) is 0 Å². The maximum absolute atomic E-state index is 11.4. The second kappa shape index (κ2) is 5.26. The number of carbonyl (C=O) groups excluding carboxylic acids is 1. The molecule has 3 N–H and O–H groups in total. The van der Waals surface area contributed by atoms with Crippen LogP contribution in [-0.2, 0) is 19.6 Å². The standard InChI is InChI=1S/C8H16N2O5S/c1-8(2,7(12)13)6(11)10-4-5-16(14,15)9-3/h9H,4-5H2,1-3H3,(H,10,11)(H,12,13). The zero-order valence-electron chi connectivity index (χ0n) is 9.40. The van der Waals surface area contributed by atoms with Gasteiger partial charge in [-0.3, -0.25) is 9.59 Å².